The Morgan fingerprint density at radius 3 is 2.28 bits per heavy atom. The van der Waals surface area contributed by atoms with Crippen LogP contribution in [0.15, 0.2) is 52.2 Å². The predicted molar refractivity (Wildman–Crippen MR) is 113 cm³/mol. The summed E-state index contributed by atoms with van der Waals surface area (Å²) >= 11 is 0. The molecular weight excluding hydrogens is 388 g/mol. The molecule has 1 fully saturated rings. The second-order valence-corrected chi connectivity index (χ2v) is 9.60. The van der Waals surface area contributed by atoms with Crippen LogP contribution >= 0.6 is 0 Å². The summed E-state index contributed by atoms with van der Waals surface area (Å²) in [7, 11) is -1.74. The number of aryl methyl sites for hydroxylation is 3. The third-order valence-electron chi connectivity index (χ3n) is 5.69. The smallest absolute Gasteiger partial charge is 0.295 e. The third-order valence-corrected chi connectivity index (χ3v) is 7.73. The number of fused-ring (bicyclic) bond motifs is 1. The summed E-state index contributed by atoms with van der Waals surface area (Å²) in [6, 6.07) is 13.2. The maximum atomic E-state index is 13.1. The van der Waals surface area contributed by atoms with Gasteiger partial charge < -0.3 is 0 Å². The third kappa shape index (κ3) is 3.52. The number of hydrogen-bond donors (Lipinski definition) is 0. The zero-order valence-electron chi connectivity index (χ0n) is 17.0. The predicted octanol–water partition coefficient (Wildman–Crippen LogP) is 1.92. The van der Waals surface area contributed by atoms with Crippen molar-refractivity contribution in [2.24, 2.45) is 7.05 Å². The van der Waals surface area contributed by atoms with E-state index in [0.29, 0.717) is 37.7 Å². The number of nitrogens with zero attached hydrogens (tertiary/aromatic N) is 4. The monoisotopic (exact) mass is 414 g/mol. The fourth-order valence-corrected chi connectivity index (χ4v) is 5.67. The van der Waals surface area contributed by atoms with Gasteiger partial charge in [0.2, 0.25) is 10.0 Å². The topological polar surface area (TPSA) is 67.6 Å². The minimum Gasteiger partial charge on any atom is -0.295 e. The molecule has 1 aromatic heterocycles. The highest BCUT2D eigenvalue weighted by molar-refractivity contribution is 7.89. The van der Waals surface area contributed by atoms with Crippen molar-refractivity contribution in [3.8, 4) is 0 Å². The van der Waals surface area contributed by atoms with Gasteiger partial charge in [0.25, 0.3) is 0 Å². The van der Waals surface area contributed by atoms with Crippen molar-refractivity contribution < 1.29 is 8.42 Å². The quantitative estimate of drug-likeness (QED) is 0.654. The zero-order valence-corrected chi connectivity index (χ0v) is 17.8. The number of rotatable bonds is 4. The molecule has 0 unspecified atom stereocenters. The van der Waals surface area contributed by atoms with Crippen molar-refractivity contribution in [2.75, 3.05) is 26.2 Å². The maximum absolute atomic E-state index is 13.1. The Kier molecular flexibility index (Phi) is 5.10. The van der Waals surface area contributed by atoms with Gasteiger partial charge in [-0.05, 0) is 43.2 Å². The lowest BCUT2D eigenvalue weighted by Gasteiger charge is -2.34. The van der Waals surface area contributed by atoms with Crippen LogP contribution in [0.3, 0.4) is 0 Å². The number of imidazole rings is 1. The SMILES string of the molecule is Cc1ccc(C)c(S(=O)(=O)N2CCN(Cn3c(=O)n(C)c4ccccc43)CC2)c1. The standard InChI is InChI=1S/C21H26N4O3S/c1-16-8-9-17(2)20(14-16)29(27,28)24-12-10-23(11-13-24)15-25-19-7-5-4-6-18(19)22(3)21(25)26/h4-9,14H,10-13,15H2,1-3H3. The summed E-state index contributed by atoms with van der Waals surface area (Å²) in [5.74, 6) is 0. The molecule has 0 amide bonds. The lowest BCUT2D eigenvalue weighted by molar-refractivity contribution is 0.152. The van der Waals surface area contributed by atoms with Crippen molar-refractivity contribution in [3.05, 3.63) is 64.1 Å². The van der Waals surface area contributed by atoms with Crippen LogP contribution in [0.1, 0.15) is 11.1 Å². The van der Waals surface area contributed by atoms with Crippen LogP contribution < -0.4 is 5.69 Å². The number of para-hydroxylation sites is 2. The Morgan fingerprint density at radius 2 is 1.59 bits per heavy atom. The van der Waals surface area contributed by atoms with Crippen LogP contribution in [0.2, 0.25) is 0 Å². The molecule has 2 aromatic carbocycles. The summed E-state index contributed by atoms with van der Waals surface area (Å²) in [6.07, 6.45) is 0. The molecule has 3 aromatic rings. The summed E-state index contributed by atoms with van der Waals surface area (Å²) in [6.45, 7) is 6.18. The minimum atomic E-state index is -3.52. The molecule has 0 spiro atoms. The molecule has 1 aliphatic heterocycles. The van der Waals surface area contributed by atoms with Gasteiger partial charge in [-0.1, -0.05) is 24.3 Å². The Bertz CT molecular complexity index is 1220. The van der Waals surface area contributed by atoms with E-state index in [4.69, 9.17) is 0 Å². The molecule has 4 rings (SSSR count). The molecule has 0 atom stereocenters. The molecule has 0 aliphatic carbocycles. The molecule has 1 saturated heterocycles. The van der Waals surface area contributed by atoms with E-state index in [1.807, 2.05) is 50.2 Å². The summed E-state index contributed by atoms with van der Waals surface area (Å²) in [4.78, 5) is 15.1. The molecular formula is C21H26N4O3S. The molecule has 0 N–H and O–H groups in total. The number of hydrogen-bond acceptors (Lipinski definition) is 4. The van der Waals surface area contributed by atoms with Gasteiger partial charge in [-0.25, -0.2) is 13.2 Å². The van der Waals surface area contributed by atoms with Crippen LogP contribution in [-0.2, 0) is 23.7 Å². The zero-order chi connectivity index (χ0) is 20.8. The maximum Gasteiger partial charge on any atom is 0.329 e. The van der Waals surface area contributed by atoms with Gasteiger partial charge in [-0.2, -0.15) is 4.31 Å². The van der Waals surface area contributed by atoms with Crippen LogP contribution in [0.25, 0.3) is 11.0 Å². The Balaban J connectivity index is 1.51. The normalized spacial score (nSPS) is 16.5. The molecule has 7 nitrogen and oxygen atoms in total. The van der Waals surface area contributed by atoms with Crippen LogP contribution in [0.5, 0.6) is 0 Å². The van der Waals surface area contributed by atoms with Gasteiger partial charge in [-0.15, -0.1) is 0 Å². The highest BCUT2D eigenvalue weighted by atomic mass is 32.2. The van der Waals surface area contributed by atoms with E-state index in [2.05, 4.69) is 4.90 Å². The first-order valence-electron chi connectivity index (χ1n) is 9.73. The highest BCUT2D eigenvalue weighted by Gasteiger charge is 2.30. The molecule has 0 radical (unpaired) electrons. The van der Waals surface area contributed by atoms with Gasteiger partial charge in [0.05, 0.1) is 22.6 Å². The minimum absolute atomic E-state index is 0.0587. The largest absolute Gasteiger partial charge is 0.329 e. The van der Waals surface area contributed by atoms with Gasteiger partial charge in [-0.3, -0.25) is 14.0 Å². The number of benzene rings is 2. The number of aromatic nitrogens is 2. The molecule has 8 heteroatoms. The van der Waals surface area contributed by atoms with Crippen LogP contribution in [-0.4, -0.2) is 52.9 Å². The average Bonchev–Trinajstić information content (AvgIpc) is 2.95. The van der Waals surface area contributed by atoms with Gasteiger partial charge in [0, 0.05) is 33.2 Å². The van der Waals surface area contributed by atoms with Crippen molar-refractivity contribution >= 4 is 21.1 Å². The number of sulfonamides is 1. The van der Waals surface area contributed by atoms with Crippen molar-refractivity contribution in [1.29, 1.82) is 0 Å². The highest BCUT2D eigenvalue weighted by Crippen LogP contribution is 2.22. The average molecular weight is 415 g/mol. The van der Waals surface area contributed by atoms with E-state index in [9.17, 15) is 13.2 Å². The Labute approximate surface area is 170 Å². The second-order valence-electron chi connectivity index (χ2n) is 7.69. The second kappa shape index (κ2) is 7.44. The van der Waals surface area contributed by atoms with Gasteiger partial charge in [0.1, 0.15) is 0 Å². The summed E-state index contributed by atoms with van der Waals surface area (Å²) in [5, 5.41) is 0. The number of piperazine rings is 1. The summed E-state index contributed by atoms with van der Waals surface area (Å²) in [5.41, 5.74) is 3.43. The molecule has 0 bridgehead atoms. The molecule has 154 valence electrons. The first-order chi connectivity index (χ1) is 13.8. The fourth-order valence-electron chi connectivity index (χ4n) is 3.94. The van der Waals surface area contributed by atoms with Crippen LogP contribution in [0.4, 0.5) is 0 Å². The Morgan fingerprint density at radius 1 is 0.931 bits per heavy atom. The molecule has 0 saturated carbocycles. The molecule has 29 heavy (non-hydrogen) atoms. The Hall–Kier alpha value is -2.42. The van der Waals surface area contributed by atoms with E-state index < -0.39 is 10.0 Å². The molecule has 2 heterocycles. The summed E-state index contributed by atoms with van der Waals surface area (Å²) < 4.78 is 31.2. The van der Waals surface area contributed by atoms with E-state index in [-0.39, 0.29) is 5.69 Å². The lowest BCUT2D eigenvalue weighted by atomic mass is 10.2. The van der Waals surface area contributed by atoms with Crippen molar-refractivity contribution in [2.45, 2.75) is 25.4 Å². The lowest BCUT2D eigenvalue weighted by Crippen LogP contribution is -2.49. The van der Waals surface area contributed by atoms with Crippen molar-refractivity contribution in [3.63, 3.8) is 0 Å². The first kappa shape index (κ1) is 19.9. The van der Waals surface area contributed by atoms with Crippen molar-refractivity contribution in [1.82, 2.24) is 18.3 Å². The van der Waals surface area contributed by atoms with Crippen LogP contribution in [0, 0.1) is 13.8 Å². The van der Waals surface area contributed by atoms with Gasteiger partial charge in [0.15, 0.2) is 0 Å². The van der Waals surface area contributed by atoms with E-state index in [1.54, 1.807) is 26.6 Å². The van der Waals surface area contributed by atoms with Gasteiger partial charge >= 0.3 is 5.69 Å². The van der Waals surface area contributed by atoms with E-state index in [0.717, 1.165) is 22.2 Å². The fraction of sp³-hybridized carbons (Fsp3) is 0.381. The molecule has 1 aliphatic rings. The van der Waals surface area contributed by atoms with E-state index >= 15 is 0 Å². The van der Waals surface area contributed by atoms with E-state index in [1.165, 1.54) is 0 Å². The first-order valence-corrected chi connectivity index (χ1v) is 11.2.